The van der Waals surface area contributed by atoms with Crippen LogP contribution in [0.5, 0.6) is 11.5 Å². The summed E-state index contributed by atoms with van der Waals surface area (Å²) in [5.41, 5.74) is 0. The summed E-state index contributed by atoms with van der Waals surface area (Å²) in [4.78, 5) is 17.3. The van der Waals surface area contributed by atoms with Crippen LogP contribution in [0, 0.1) is 5.92 Å². The van der Waals surface area contributed by atoms with Gasteiger partial charge in [-0.3, -0.25) is 4.79 Å². The molecule has 30 heavy (non-hydrogen) atoms. The van der Waals surface area contributed by atoms with E-state index in [4.69, 9.17) is 9.47 Å². The highest BCUT2D eigenvalue weighted by atomic mass is 32.2. The number of fused-ring (bicyclic) bond motifs is 2. The number of hydrogen-bond donors (Lipinski definition) is 1. The zero-order chi connectivity index (χ0) is 20.7. The van der Waals surface area contributed by atoms with E-state index < -0.39 is 16.1 Å². The summed E-state index contributed by atoms with van der Waals surface area (Å²) in [5, 5.41) is 5.04. The minimum Gasteiger partial charge on any atom is -0.486 e. The molecular weight excluding hydrogens is 426 g/mol. The largest absolute Gasteiger partial charge is 0.486 e. The molecule has 10 heteroatoms. The number of nitrogens with zero attached hydrogens (tertiary/aromatic N) is 2. The monoisotopic (exact) mass is 449 g/mol. The lowest BCUT2D eigenvalue weighted by Crippen LogP contribution is -2.47. The zero-order valence-corrected chi connectivity index (χ0v) is 18.0. The lowest BCUT2D eigenvalue weighted by atomic mass is 9.85. The van der Waals surface area contributed by atoms with Crippen LogP contribution >= 0.6 is 11.3 Å². The molecule has 3 aliphatic rings. The molecule has 1 N–H and O–H groups in total. The summed E-state index contributed by atoms with van der Waals surface area (Å²) in [6.45, 7) is 0.817. The van der Waals surface area contributed by atoms with Gasteiger partial charge in [0.2, 0.25) is 15.9 Å². The molecule has 0 bridgehead atoms. The fraction of sp³-hybridized carbons (Fsp3) is 0.500. The number of aromatic nitrogens is 1. The highest BCUT2D eigenvalue weighted by Crippen LogP contribution is 2.44. The van der Waals surface area contributed by atoms with Gasteiger partial charge in [-0.15, -0.1) is 11.3 Å². The maximum Gasteiger partial charge on any atom is 0.244 e. The van der Waals surface area contributed by atoms with E-state index in [1.807, 2.05) is 0 Å². The SMILES string of the molecule is O=C(Nc1nccs1)[C@@H]1C[C@@H]2CCCC[C@H]2N1S(=O)(=O)c1ccc2c(c1)OCCO2. The van der Waals surface area contributed by atoms with Gasteiger partial charge in [0.1, 0.15) is 19.3 Å². The average molecular weight is 450 g/mol. The molecule has 2 aromatic rings. The maximum atomic E-state index is 13.7. The first-order valence-corrected chi connectivity index (χ1v) is 12.5. The molecule has 0 spiro atoms. The van der Waals surface area contributed by atoms with Crippen molar-refractivity contribution in [3.05, 3.63) is 29.8 Å². The Labute approximate surface area is 179 Å². The number of rotatable bonds is 4. The van der Waals surface area contributed by atoms with Crippen LogP contribution in [0.1, 0.15) is 32.1 Å². The number of carbonyl (C=O) groups excluding carboxylic acids is 1. The first-order valence-electron chi connectivity index (χ1n) is 10.2. The second-order valence-electron chi connectivity index (χ2n) is 7.83. The van der Waals surface area contributed by atoms with Crippen molar-refractivity contribution in [1.29, 1.82) is 0 Å². The van der Waals surface area contributed by atoms with Gasteiger partial charge in [-0.2, -0.15) is 4.31 Å². The van der Waals surface area contributed by atoms with E-state index in [2.05, 4.69) is 10.3 Å². The van der Waals surface area contributed by atoms with Crippen LogP contribution in [0.25, 0.3) is 0 Å². The Bertz CT molecular complexity index is 1040. The van der Waals surface area contributed by atoms with Crippen molar-refractivity contribution >= 4 is 32.4 Å². The van der Waals surface area contributed by atoms with Crippen molar-refractivity contribution < 1.29 is 22.7 Å². The number of carbonyl (C=O) groups is 1. The third kappa shape index (κ3) is 3.46. The molecule has 5 rings (SSSR count). The molecule has 1 amide bonds. The summed E-state index contributed by atoms with van der Waals surface area (Å²) in [6.07, 6.45) is 5.90. The third-order valence-electron chi connectivity index (χ3n) is 6.08. The van der Waals surface area contributed by atoms with Crippen LogP contribution in [-0.4, -0.2) is 48.9 Å². The smallest absolute Gasteiger partial charge is 0.244 e. The van der Waals surface area contributed by atoms with Gasteiger partial charge in [-0.1, -0.05) is 12.8 Å². The van der Waals surface area contributed by atoms with Crippen LogP contribution in [0.2, 0.25) is 0 Å². The number of nitrogens with one attached hydrogen (secondary N) is 1. The third-order valence-corrected chi connectivity index (χ3v) is 8.70. The second kappa shape index (κ2) is 7.82. The van der Waals surface area contributed by atoms with Crippen molar-refractivity contribution in [3.63, 3.8) is 0 Å². The molecule has 2 aliphatic heterocycles. The van der Waals surface area contributed by atoms with Crippen molar-refractivity contribution in [2.75, 3.05) is 18.5 Å². The molecule has 8 nitrogen and oxygen atoms in total. The summed E-state index contributed by atoms with van der Waals surface area (Å²) in [6, 6.07) is 3.76. The van der Waals surface area contributed by atoms with E-state index in [1.165, 1.54) is 27.8 Å². The lowest BCUT2D eigenvalue weighted by molar-refractivity contribution is -0.119. The summed E-state index contributed by atoms with van der Waals surface area (Å²) in [7, 11) is -3.90. The van der Waals surface area contributed by atoms with Gasteiger partial charge in [-0.05, 0) is 37.3 Å². The first kappa shape index (κ1) is 19.8. The van der Waals surface area contributed by atoms with Gasteiger partial charge in [0.05, 0.1) is 4.90 Å². The standard InChI is InChI=1S/C20H23N3O5S2/c24-19(22-20-21-7-10-29-20)16-11-13-3-1-2-4-15(13)23(16)30(25,26)14-5-6-17-18(12-14)28-9-8-27-17/h5-7,10,12-13,15-16H,1-4,8-9,11H2,(H,21,22,24)/t13-,15+,16-/m0/s1. The van der Waals surface area contributed by atoms with Crippen molar-refractivity contribution in [2.45, 2.75) is 49.1 Å². The number of hydrogen-bond acceptors (Lipinski definition) is 7. The number of ether oxygens (including phenoxy) is 2. The van der Waals surface area contributed by atoms with Crippen LogP contribution in [0.15, 0.2) is 34.7 Å². The molecule has 1 aromatic heterocycles. The number of amides is 1. The van der Waals surface area contributed by atoms with E-state index in [9.17, 15) is 13.2 Å². The van der Waals surface area contributed by atoms with Crippen LogP contribution < -0.4 is 14.8 Å². The lowest BCUT2D eigenvalue weighted by Gasteiger charge is -2.32. The minimum absolute atomic E-state index is 0.130. The summed E-state index contributed by atoms with van der Waals surface area (Å²) >= 11 is 1.31. The van der Waals surface area contributed by atoms with E-state index in [0.717, 1.165) is 25.7 Å². The van der Waals surface area contributed by atoms with Gasteiger partial charge >= 0.3 is 0 Å². The molecule has 1 aliphatic carbocycles. The molecule has 3 atom stereocenters. The molecule has 0 unspecified atom stereocenters. The molecule has 0 radical (unpaired) electrons. The Balaban J connectivity index is 1.50. The van der Waals surface area contributed by atoms with E-state index in [-0.39, 0.29) is 22.8 Å². The number of thiazole rings is 1. The Kier molecular flexibility index (Phi) is 5.16. The second-order valence-corrected chi connectivity index (χ2v) is 10.6. The topological polar surface area (TPSA) is 97.8 Å². The summed E-state index contributed by atoms with van der Waals surface area (Å²) < 4.78 is 40.0. The van der Waals surface area contributed by atoms with E-state index >= 15 is 0 Å². The van der Waals surface area contributed by atoms with Crippen LogP contribution in [-0.2, 0) is 14.8 Å². The number of benzene rings is 1. The van der Waals surface area contributed by atoms with Gasteiger partial charge in [0.15, 0.2) is 16.6 Å². The first-order chi connectivity index (χ1) is 14.5. The fourth-order valence-corrected chi connectivity index (χ4v) is 7.19. The Morgan fingerprint density at radius 3 is 2.77 bits per heavy atom. The van der Waals surface area contributed by atoms with E-state index in [0.29, 0.717) is 36.3 Å². The quantitative estimate of drug-likeness (QED) is 0.771. The highest BCUT2D eigenvalue weighted by Gasteiger charge is 2.51. The van der Waals surface area contributed by atoms with Crippen molar-refractivity contribution in [3.8, 4) is 11.5 Å². The molecular formula is C20H23N3O5S2. The predicted molar refractivity (Wildman–Crippen MR) is 111 cm³/mol. The predicted octanol–water partition coefficient (Wildman–Crippen LogP) is 2.87. The van der Waals surface area contributed by atoms with Gasteiger partial charge in [-0.25, -0.2) is 13.4 Å². The van der Waals surface area contributed by atoms with Crippen LogP contribution in [0.3, 0.4) is 0 Å². The van der Waals surface area contributed by atoms with Crippen molar-refractivity contribution in [2.24, 2.45) is 5.92 Å². The minimum atomic E-state index is -3.90. The highest BCUT2D eigenvalue weighted by molar-refractivity contribution is 7.89. The fourth-order valence-electron chi connectivity index (χ4n) is 4.77. The summed E-state index contributed by atoms with van der Waals surface area (Å²) in [5.74, 6) is 0.832. The molecule has 160 valence electrons. The Morgan fingerprint density at radius 2 is 1.97 bits per heavy atom. The van der Waals surface area contributed by atoms with Gasteiger partial charge in [0.25, 0.3) is 0 Å². The molecule has 1 saturated heterocycles. The van der Waals surface area contributed by atoms with Gasteiger partial charge < -0.3 is 14.8 Å². The van der Waals surface area contributed by atoms with Crippen LogP contribution in [0.4, 0.5) is 5.13 Å². The molecule has 3 heterocycles. The number of sulfonamides is 1. The Hall–Kier alpha value is -2.17. The molecule has 1 aromatic carbocycles. The molecule has 1 saturated carbocycles. The normalized spacial score (nSPS) is 26.2. The Morgan fingerprint density at radius 1 is 1.17 bits per heavy atom. The van der Waals surface area contributed by atoms with Crippen molar-refractivity contribution in [1.82, 2.24) is 9.29 Å². The number of anilines is 1. The average Bonchev–Trinajstić information content (AvgIpc) is 3.41. The van der Waals surface area contributed by atoms with Gasteiger partial charge in [0, 0.05) is 23.7 Å². The zero-order valence-electron chi connectivity index (χ0n) is 16.3. The van der Waals surface area contributed by atoms with E-state index in [1.54, 1.807) is 17.6 Å². The maximum absolute atomic E-state index is 13.7. The molecule has 2 fully saturated rings.